The lowest BCUT2D eigenvalue weighted by atomic mass is 10.1. The van der Waals surface area contributed by atoms with Gasteiger partial charge in [-0.25, -0.2) is 0 Å². The number of aryl methyl sites for hydroxylation is 1. The van der Waals surface area contributed by atoms with Gasteiger partial charge in [0.05, 0.1) is 22.8 Å². The molecule has 1 aromatic heterocycles. The smallest absolute Gasteiger partial charge is 0.253 e. The van der Waals surface area contributed by atoms with E-state index in [1.165, 1.54) is 5.56 Å². The third kappa shape index (κ3) is 2.66. The minimum absolute atomic E-state index is 0.206. The van der Waals surface area contributed by atoms with Gasteiger partial charge < -0.3 is 11.1 Å². The maximum Gasteiger partial charge on any atom is 0.253 e. The Morgan fingerprint density at radius 1 is 1.44 bits per heavy atom. The summed E-state index contributed by atoms with van der Waals surface area (Å²) in [5, 5.41) is 5.25. The lowest BCUT2D eigenvalue weighted by Gasteiger charge is -2.08. The van der Waals surface area contributed by atoms with E-state index in [2.05, 4.69) is 5.32 Å². The van der Waals surface area contributed by atoms with Crippen molar-refractivity contribution < 1.29 is 4.79 Å². The van der Waals surface area contributed by atoms with Gasteiger partial charge in [0.2, 0.25) is 0 Å². The van der Waals surface area contributed by atoms with Gasteiger partial charge in [-0.3, -0.25) is 4.79 Å². The summed E-state index contributed by atoms with van der Waals surface area (Å²) in [7, 11) is 0. The maximum absolute atomic E-state index is 12.0. The summed E-state index contributed by atoms with van der Waals surface area (Å²) in [5.41, 5.74) is 7.68. The molecule has 0 fully saturated rings. The summed E-state index contributed by atoms with van der Waals surface area (Å²) in [6.45, 7) is 2.53. The number of anilines is 1. The molecule has 0 radical (unpaired) electrons. The topological polar surface area (TPSA) is 55.1 Å². The Bertz CT molecular complexity index is 580. The van der Waals surface area contributed by atoms with Crippen LogP contribution in [0.2, 0.25) is 5.02 Å². The number of nitrogen functional groups attached to an aromatic ring is 1. The van der Waals surface area contributed by atoms with E-state index < -0.39 is 0 Å². The standard InChI is InChI=1S/C13H13ClN2OS/c1-8-5-6-18-11(8)7-16-13(17)9-3-2-4-10(14)12(9)15/h2-6H,7,15H2,1H3,(H,16,17). The number of halogens is 1. The van der Waals surface area contributed by atoms with Gasteiger partial charge >= 0.3 is 0 Å². The lowest BCUT2D eigenvalue weighted by molar-refractivity contribution is 0.0952. The molecule has 94 valence electrons. The molecule has 1 amide bonds. The van der Waals surface area contributed by atoms with Crippen LogP contribution in [-0.2, 0) is 6.54 Å². The van der Waals surface area contributed by atoms with Crippen LogP contribution in [-0.4, -0.2) is 5.91 Å². The van der Waals surface area contributed by atoms with Gasteiger partial charge in [0.25, 0.3) is 5.91 Å². The molecule has 0 bridgehead atoms. The fourth-order valence-electron chi connectivity index (χ4n) is 1.58. The van der Waals surface area contributed by atoms with Crippen LogP contribution in [0.1, 0.15) is 20.8 Å². The van der Waals surface area contributed by atoms with Crippen molar-refractivity contribution in [3.05, 3.63) is 50.7 Å². The van der Waals surface area contributed by atoms with Gasteiger partial charge in [0.15, 0.2) is 0 Å². The second kappa shape index (κ2) is 5.42. The third-order valence-corrected chi connectivity index (χ3v) is 4.03. The van der Waals surface area contributed by atoms with Crippen molar-refractivity contribution >= 4 is 34.5 Å². The fourth-order valence-corrected chi connectivity index (χ4v) is 2.60. The highest BCUT2D eigenvalue weighted by Gasteiger charge is 2.11. The third-order valence-electron chi connectivity index (χ3n) is 2.68. The van der Waals surface area contributed by atoms with Crippen LogP contribution in [0.15, 0.2) is 29.6 Å². The Morgan fingerprint density at radius 3 is 2.89 bits per heavy atom. The van der Waals surface area contributed by atoms with Crippen LogP contribution in [0, 0.1) is 6.92 Å². The minimum atomic E-state index is -0.206. The Balaban J connectivity index is 2.09. The molecule has 0 aliphatic rings. The molecule has 5 heteroatoms. The van der Waals surface area contributed by atoms with E-state index in [1.54, 1.807) is 29.5 Å². The average molecular weight is 281 g/mol. The summed E-state index contributed by atoms with van der Waals surface area (Å²) >= 11 is 7.50. The summed E-state index contributed by atoms with van der Waals surface area (Å²) < 4.78 is 0. The zero-order chi connectivity index (χ0) is 13.1. The van der Waals surface area contributed by atoms with Crippen LogP contribution < -0.4 is 11.1 Å². The molecule has 0 spiro atoms. The predicted molar refractivity (Wildman–Crippen MR) is 76.1 cm³/mol. The SMILES string of the molecule is Cc1ccsc1CNC(=O)c1cccc(Cl)c1N. The van der Waals surface area contributed by atoms with Crippen molar-refractivity contribution in [3.63, 3.8) is 0 Å². The predicted octanol–water partition coefficient (Wildman–Crippen LogP) is 3.22. The second-order valence-electron chi connectivity index (χ2n) is 3.91. The molecule has 0 saturated carbocycles. The molecular formula is C13H13ClN2OS. The molecule has 0 unspecified atom stereocenters. The summed E-state index contributed by atoms with van der Waals surface area (Å²) in [4.78, 5) is 13.1. The highest BCUT2D eigenvalue weighted by molar-refractivity contribution is 7.10. The van der Waals surface area contributed by atoms with Crippen LogP contribution in [0.4, 0.5) is 5.69 Å². The molecule has 0 atom stereocenters. The zero-order valence-electron chi connectivity index (χ0n) is 9.87. The van der Waals surface area contributed by atoms with E-state index in [0.717, 1.165) is 4.88 Å². The van der Waals surface area contributed by atoms with Gasteiger partial charge in [-0.2, -0.15) is 0 Å². The minimum Gasteiger partial charge on any atom is -0.397 e. The monoisotopic (exact) mass is 280 g/mol. The van der Waals surface area contributed by atoms with Gasteiger partial charge in [0.1, 0.15) is 0 Å². The molecule has 0 aliphatic carbocycles. The van der Waals surface area contributed by atoms with E-state index in [1.807, 2.05) is 18.4 Å². The number of nitrogens with one attached hydrogen (secondary N) is 1. The average Bonchev–Trinajstić information content (AvgIpc) is 2.75. The number of hydrogen-bond donors (Lipinski definition) is 2. The van der Waals surface area contributed by atoms with Crippen molar-refractivity contribution in [2.75, 3.05) is 5.73 Å². The number of thiophene rings is 1. The molecular weight excluding hydrogens is 268 g/mol. The number of nitrogens with two attached hydrogens (primary N) is 1. The molecule has 0 saturated heterocycles. The first-order valence-electron chi connectivity index (χ1n) is 5.44. The van der Waals surface area contributed by atoms with Crippen LogP contribution in [0.5, 0.6) is 0 Å². The summed E-state index contributed by atoms with van der Waals surface area (Å²) in [6, 6.07) is 7.07. The summed E-state index contributed by atoms with van der Waals surface area (Å²) in [6.07, 6.45) is 0. The number of hydrogen-bond acceptors (Lipinski definition) is 3. The lowest BCUT2D eigenvalue weighted by Crippen LogP contribution is -2.23. The Kier molecular flexibility index (Phi) is 3.89. The van der Waals surface area contributed by atoms with E-state index in [-0.39, 0.29) is 5.91 Å². The highest BCUT2D eigenvalue weighted by atomic mass is 35.5. The fraction of sp³-hybridized carbons (Fsp3) is 0.154. The number of para-hydroxylation sites is 1. The first-order chi connectivity index (χ1) is 8.59. The zero-order valence-corrected chi connectivity index (χ0v) is 11.4. The van der Waals surface area contributed by atoms with Crippen molar-refractivity contribution in [2.45, 2.75) is 13.5 Å². The van der Waals surface area contributed by atoms with Crippen LogP contribution in [0.25, 0.3) is 0 Å². The Morgan fingerprint density at radius 2 is 2.22 bits per heavy atom. The number of benzene rings is 1. The van der Waals surface area contributed by atoms with E-state index in [9.17, 15) is 4.79 Å². The second-order valence-corrected chi connectivity index (χ2v) is 5.32. The van der Waals surface area contributed by atoms with Gasteiger partial charge in [-0.15, -0.1) is 11.3 Å². The normalized spacial score (nSPS) is 10.3. The van der Waals surface area contributed by atoms with Crippen molar-refractivity contribution in [1.82, 2.24) is 5.32 Å². The number of carbonyl (C=O) groups is 1. The van der Waals surface area contributed by atoms with Crippen LogP contribution >= 0.6 is 22.9 Å². The quantitative estimate of drug-likeness (QED) is 0.848. The van der Waals surface area contributed by atoms with Crippen molar-refractivity contribution in [1.29, 1.82) is 0 Å². The molecule has 1 aromatic carbocycles. The van der Waals surface area contributed by atoms with Crippen molar-refractivity contribution in [3.8, 4) is 0 Å². The largest absolute Gasteiger partial charge is 0.397 e. The molecule has 18 heavy (non-hydrogen) atoms. The van der Waals surface area contributed by atoms with Crippen LogP contribution in [0.3, 0.4) is 0 Å². The molecule has 2 aromatic rings. The first kappa shape index (κ1) is 12.9. The highest BCUT2D eigenvalue weighted by Crippen LogP contribution is 2.22. The van der Waals surface area contributed by atoms with Gasteiger partial charge in [0, 0.05) is 4.88 Å². The number of carbonyl (C=O) groups excluding carboxylic acids is 1. The molecule has 0 aliphatic heterocycles. The Hall–Kier alpha value is -1.52. The Labute approximate surface area is 115 Å². The number of amides is 1. The van der Waals surface area contributed by atoms with Gasteiger partial charge in [-0.05, 0) is 36.1 Å². The van der Waals surface area contributed by atoms with E-state index in [4.69, 9.17) is 17.3 Å². The molecule has 3 nitrogen and oxygen atoms in total. The summed E-state index contributed by atoms with van der Waals surface area (Å²) in [5.74, 6) is -0.206. The van der Waals surface area contributed by atoms with E-state index >= 15 is 0 Å². The first-order valence-corrected chi connectivity index (χ1v) is 6.70. The molecule has 1 heterocycles. The molecule has 2 rings (SSSR count). The molecule has 3 N–H and O–H groups in total. The van der Waals surface area contributed by atoms with Gasteiger partial charge in [-0.1, -0.05) is 17.7 Å². The van der Waals surface area contributed by atoms with E-state index in [0.29, 0.717) is 22.8 Å². The maximum atomic E-state index is 12.0. The number of rotatable bonds is 3. The van der Waals surface area contributed by atoms with Crippen molar-refractivity contribution in [2.24, 2.45) is 0 Å².